The molecule has 0 amide bonds. The molecule has 0 saturated heterocycles. The van der Waals surface area contributed by atoms with Crippen molar-refractivity contribution in [3.05, 3.63) is 83.7 Å². The normalized spacial score (nSPS) is 17.1. The molecule has 0 saturated carbocycles. The van der Waals surface area contributed by atoms with Gasteiger partial charge in [-0.25, -0.2) is 0 Å². The summed E-state index contributed by atoms with van der Waals surface area (Å²) >= 11 is -3.11. The predicted molar refractivity (Wildman–Crippen MR) is 112 cm³/mol. The van der Waals surface area contributed by atoms with E-state index in [0.29, 0.717) is 10.6 Å². The van der Waals surface area contributed by atoms with Crippen LogP contribution in [-0.2, 0) is 17.7 Å². The molecule has 140 valence electrons. The maximum atomic E-state index is 6.92. The molecule has 0 bridgehead atoms. The van der Waals surface area contributed by atoms with Crippen molar-refractivity contribution in [1.29, 1.82) is 0 Å². The quantitative estimate of drug-likeness (QED) is 0.584. The minimum atomic E-state index is -3.11. The second-order valence-corrected chi connectivity index (χ2v) is 14.8. The summed E-state index contributed by atoms with van der Waals surface area (Å²) in [7, 11) is 13.8. The molecule has 0 fully saturated rings. The molecular formula is C22H22Cl2CrN2. The van der Waals surface area contributed by atoms with E-state index in [9.17, 15) is 0 Å². The topological polar surface area (TPSA) is 28.7 Å². The molecule has 1 unspecified atom stereocenters. The molecule has 2 aromatic carbocycles. The summed E-state index contributed by atoms with van der Waals surface area (Å²) in [5.41, 5.74) is 3.96. The summed E-state index contributed by atoms with van der Waals surface area (Å²) in [6.07, 6.45) is 8.94. The fraction of sp³-hybridized carbons (Fsp3) is 0.227. The van der Waals surface area contributed by atoms with Crippen molar-refractivity contribution in [3.63, 3.8) is 0 Å². The molecule has 1 aromatic heterocycles. The Hall–Kier alpha value is -1.50. The van der Waals surface area contributed by atoms with E-state index in [4.69, 9.17) is 20.1 Å². The number of imidazole rings is 1. The first kappa shape index (κ1) is 18.8. The molecule has 27 heavy (non-hydrogen) atoms. The van der Waals surface area contributed by atoms with Crippen molar-refractivity contribution >= 4 is 35.3 Å². The number of hydrogen-bond donors (Lipinski definition) is 1. The maximum absolute atomic E-state index is 6.92. The molecule has 0 aliphatic heterocycles. The number of benzene rings is 2. The van der Waals surface area contributed by atoms with Gasteiger partial charge in [-0.05, 0) is 0 Å². The molecule has 5 heteroatoms. The molecule has 1 heterocycles. The van der Waals surface area contributed by atoms with E-state index in [2.05, 4.69) is 78.4 Å². The monoisotopic (exact) mass is 436 g/mol. The van der Waals surface area contributed by atoms with E-state index in [1.165, 1.54) is 16.7 Å². The van der Waals surface area contributed by atoms with Crippen LogP contribution in [0.4, 0.5) is 0 Å². The molecule has 0 radical (unpaired) electrons. The predicted octanol–water partition coefficient (Wildman–Crippen LogP) is 5.20. The number of allylic oxidation sites excluding steroid dienone is 1. The zero-order valence-corrected chi connectivity index (χ0v) is 18.1. The van der Waals surface area contributed by atoms with E-state index >= 15 is 0 Å². The average Bonchev–Trinajstić information content (AvgIpc) is 3.32. The molecule has 0 spiro atoms. The molecule has 1 N–H and O–H groups in total. The van der Waals surface area contributed by atoms with E-state index in [0.717, 1.165) is 10.8 Å². The third-order valence-corrected chi connectivity index (χ3v) is 10.4. The van der Waals surface area contributed by atoms with Gasteiger partial charge in [-0.15, -0.1) is 0 Å². The number of nitrogens with one attached hydrogen (secondary N) is 1. The third-order valence-electron chi connectivity index (χ3n) is 5.25. The Labute approximate surface area is 171 Å². The third kappa shape index (κ3) is 3.50. The van der Waals surface area contributed by atoms with Gasteiger partial charge in [0.25, 0.3) is 0 Å². The summed E-state index contributed by atoms with van der Waals surface area (Å²) in [6, 6.07) is 16.9. The molecule has 4 rings (SSSR count). The fourth-order valence-electron chi connectivity index (χ4n) is 3.93. The summed E-state index contributed by atoms with van der Waals surface area (Å²) in [5, 5.41) is 0. The van der Waals surface area contributed by atoms with Gasteiger partial charge in [0.1, 0.15) is 0 Å². The first-order valence-corrected chi connectivity index (χ1v) is 13.7. The Bertz CT molecular complexity index is 977. The van der Waals surface area contributed by atoms with Crippen molar-refractivity contribution in [2.24, 2.45) is 5.41 Å². The van der Waals surface area contributed by atoms with Crippen LogP contribution in [0.3, 0.4) is 0 Å². The van der Waals surface area contributed by atoms with Crippen LogP contribution < -0.4 is 9.11 Å². The average molecular weight is 437 g/mol. The van der Waals surface area contributed by atoms with E-state index < -0.39 is 11.2 Å². The van der Waals surface area contributed by atoms with Crippen LogP contribution in [0.5, 0.6) is 0 Å². The van der Waals surface area contributed by atoms with Crippen molar-refractivity contribution in [1.82, 2.24) is 9.97 Å². The van der Waals surface area contributed by atoms with Gasteiger partial charge in [-0.2, -0.15) is 0 Å². The Balaban J connectivity index is 1.69. The van der Waals surface area contributed by atoms with Gasteiger partial charge in [0.15, 0.2) is 0 Å². The molecular weight excluding hydrogens is 415 g/mol. The van der Waals surface area contributed by atoms with Crippen LogP contribution in [0.2, 0.25) is 0 Å². The number of hydrogen-bond acceptors (Lipinski definition) is 1. The zero-order chi connectivity index (χ0) is 19.1. The first-order chi connectivity index (χ1) is 12.9. The van der Waals surface area contributed by atoms with Gasteiger partial charge in [-0.3, -0.25) is 0 Å². The molecule has 1 aliphatic carbocycles. The summed E-state index contributed by atoms with van der Waals surface area (Å²) in [4.78, 5) is 7.47. The van der Waals surface area contributed by atoms with Gasteiger partial charge in [0.2, 0.25) is 0 Å². The van der Waals surface area contributed by atoms with Gasteiger partial charge in [0, 0.05) is 0 Å². The van der Waals surface area contributed by atoms with Crippen molar-refractivity contribution < 1.29 is 11.2 Å². The van der Waals surface area contributed by atoms with Crippen LogP contribution in [0.15, 0.2) is 67.0 Å². The number of fused-ring (bicyclic) bond motifs is 1. The van der Waals surface area contributed by atoms with E-state index in [1.807, 2.05) is 6.07 Å². The van der Waals surface area contributed by atoms with Crippen LogP contribution in [0, 0.1) is 5.41 Å². The Morgan fingerprint density at radius 1 is 1.07 bits per heavy atom. The number of aromatic amines is 1. The Morgan fingerprint density at radius 2 is 1.81 bits per heavy atom. The van der Waals surface area contributed by atoms with Crippen LogP contribution in [0.25, 0.3) is 6.08 Å². The molecule has 1 atom stereocenters. The number of nitrogens with zero attached hydrogens (tertiary/aromatic N) is 1. The van der Waals surface area contributed by atoms with Crippen molar-refractivity contribution in [2.75, 3.05) is 0 Å². The SMILES string of the molecule is CC(C)(Cc1cccc[c]1[Cr]([Cl])([Cl])[c]1ncc[nH]1)C1C=Cc2ccccc21. The fourth-order valence-corrected chi connectivity index (χ4v) is 7.95. The number of aromatic nitrogens is 2. The van der Waals surface area contributed by atoms with Gasteiger partial charge in [0.05, 0.1) is 0 Å². The standard InChI is InChI=1S/C19H19.C3H3N2.2ClH.Cr/c1-19(2,14-15-8-4-3-5-9-15)18-13-12-16-10-6-7-11-17(16)18;1-2-5-3-4-1;;;/h3-8,10-13,18H,14H2,1-2H3;1-2H,(H,4,5);2*1H;/q;;;;+2/p-2. The number of halogens is 2. The minimum absolute atomic E-state index is 0.0312. The first-order valence-electron chi connectivity index (χ1n) is 8.97. The Kier molecular flexibility index (Phi) is 4.99. The van der Waals surface area contributed by atoms with Crippen LogP contribution in [0.1, 0.15) is 36.5 Å². The summed E-state index contributed by atoms with van der Waals surface area (Å²) in [6.45, 7) is 4.64. The molecule has 2 nitrogen and oxygen atoms in total. The van der Waals surface area contributed by atoms with Crippen molar-refractivity contribution in [2.45, 2.75) is 26.2 Å². The number of H-pyrrole nitrogens is 1. The van der Waals surface area contributed by atoms with Gasteiger partial charge in [-0.1, -0.05) is 0 Å². The van der Waals surface area contributed by atoms with Crippen LogP contribution >= 0.6 is 20.1 Å². The second kappa shape index (κ2) is 7.15. The van der Waals surface area contributed by atoms with Crippen molar-refractivity contribution in [3.8, 4) is 0 Å². The molecule has 1 aliphatic rings. The Morgan fingerprint density at radius 3 is 2.59 bits per heavy atom. The van der Waals surface area contributed by atoms with Gasteiger partial charge < -0.3 is 0 Å². The second-order valence-electron chi connectivity index (χ2n) is 7.60. The van der Waals surface area contributed by atoms with E-state index in [1.54, 1.807) is 12.4 Å². The summed E-state index contributed by atoms with van der Waals surface area (Å²) in [5.74, 6) is 0.370. The molecule has 3 aromatic rings. The zero-order valence-electron chi connectivity index (χ0n) is 15.3. The van der Waals surface area contributed by atoms with E-state index in [-0.39, 0.29) is 5.41 Å². The van der Waals surface area contributed by atoms with Gasteiger partial charge >= 0.3 is 172 Å². The summed E-state index contributed by atoms with van der Waals surface area (Å²) < 4.78 is 1.74. The van der Waals surface area contributed by atoms with Crippen LogP contribution in [-0.4, -0.2) is 9.97 Å². The number of rotatable bonds is 5.